The van der Waals surface area contributed by atoms with Crippen LogP contribution >= 0.6 is 34.8 Å². The molecule has 2 aromatic rings. The van der Waals surface area contributed by atoms with Crippen LogP contribution in [0.5, 0.6) is 0 Å². The van der Waals surface area contributed by atoms with Gasteiger partial charge in [0.05, 0.1) is 5.69 Å². The van der Waals surface area contributed by atoms with E-state index in [-0.39, 0.29) is 5.82 Å². The highest BCUT2D eigenvalue weighted by molar-refractivity contribution is 14.1. The Labute approximate surface area is 116 Å². The van der Waals surface area contributed by atoms with E-state index >= 15 is 0 Å². The van der Waals surface area contributed by atoms with E-state index in [1.807, 2.05) is 4.57 Å². The summed E-state index contributed by atoms with van der Waals surface area (Å²) in [6.45, 7) is 0. The second-order valence-electron chi connectivity index (χ2n) is 4.09. The van der Waals surface area contributed by atoms with Crippen molar-refractivity contribution in [3.05, 3.63) is 38.2 Å². The molecule has 1 heterocycles. The smallest absolute Gasteiger partial charge is 0.199 e. The van der Waals surface area contributed by atoms with Crippen LogP contribution in [0.1, 0.15) is 24.6 Å². The molecule has 0 radical (unpaired) electrons. The second-order valence-corrected chi connectivity index (χ2v) is 5.64. The van der Waals surface area contributed by atoms with Crippen molar-refractivity contribution in [2.75, 3.05) is 0 Å². The number of benzene rings is 1. The first kappa shape index (κ1) is 11.3. The van der Waals surface area contributed by atoms with E-state index in [1.165, 1.54) is 12.1 Å². The average molecular weight is 361 g/mol. The van der Waals surface area contributed by atoms with Crippen molar-refractivity contribution in [1.82, 2.24) is 14.8 Å². The Kier molecular flexibility index (Phi) is 2.78. The summed E-state index contributed by atoms with van der Waals surface area (Å²) < 4.78 is 16.4. The summed E-state index contributed by atoms with van der Waals surface area (Å²) in [6.07, 6.45) is 2.30. The Morgan fingerprint density at radius 1 is 1.47 bits per heavy atom. The quantitative estimate of drug-likeness (QED) is 0.656. The van der Waals surface area contributed by atoms with Gasteiger partial charge in [-0.05, 0) is 65.8 Å². The monoisotopic (exact) mass is 361 g/mol. The lowest BCUT2D eigenvalue weighted by Crippen LogP contribution is -2.02. The van der Waals surface area contributed by atoms with Gasteiger partial charge in [0.2, 0.25) is 0 Å². The molecule has 0 saturated heterocycles. The van der Waals surface area contributed by atoms with Crippen LogP contribution in [0.2, 0.25) is 0 Å². The number of aromatic nitrogens is 3. The molecule has 1 N–H and O–H groups in total. The molecule has 0 atom stereocenters. The zero-order valence-corrected chi connectivity index (χ0v) is 11.8. The summed E-state index contributed by atoms with van der Waals surface area (Å²) in [4.78, 5) is 0. The molecule has 3 rings (SSSR count). The third kappa shape index (κ3) is 2.03. The fraction of sp³-hybridized carbons (Fsp3) is 0.273. The van der Waals surface area contributed by atoms with Crippen molar-refractivity contribution in [3.8, 4) is 5.69 Å². The van der Waals surface area contributed by atoms with Gasteiger partial charge in [-0.25, -0.2) is 4.39 Å². The van der Waals surface area contributed by atoms with Gasteiger partial charge in [0.15, 0.2) is 4.77 Å². The Morgan fingerprint density at radius 2 is 2.24 bits per heavy atom. The van der Waals surface area contributed by atoms with Crippen molar-refractivity contribution in [2.45, 2.75) is 18.8 Å². The summed E-state index contributed by atoms with van der Waals surface area (Å²) in [5.74, 6) is 1.21. The molecule has 1 fully saturated rings. The number of aromatic amines is 1. The van der Waals surface area contributed by atoms with E-state index in [0.717, 1.165) is 27.9 Å². The predicted molar refractivity (Wildman–Crippen MR) is 73.4 cm³/mol. The topological polar surface area (TPSA) is 33.6 Å². The van der Waals surface area contributed by atoms with E-state index < -0.39 is 0 Å². The van der Waals surface area contributed by atoms with Crippen molar-refractivity contribution >= 4 is 34.8 Å². The summed E-state index contributed by atoms with van der Waals surface area (Å²) in [6, 6.07) is 4.69. The fourth-order valence-electron chi connectivity index (χ4n) is 1.82. The first-order valence-corrected chi connectivity index (χ1v) is 6.78. The first-order chi connectivity index (χ1) is 8.16. The third-order valence-corrected chi connectivity index (χ3v) is 3.93. The highest BCUT2D eigenvalue weighted by atomic mass is 127. The number of H-pyrrole nitrogens is 1. The van der Waals surface area contributed by atoms with Crippen molar-refractivity contribution in [2.24, 2.45) is 0 Å². The molecule has 6 heteroatoms. The number of nitrogens with one attached hydrogen (secondary N) is 1. The second kappa shape index (κ2) is 4.16. The molecule has 0 spiro atoms. The molecule has 1 saturated carbocycles. The molecule has 3 nitrogen and oxygen atoms in total. The maximum atomic E-state index is 13.1. The highest BCUT2D eigenvalue weighted by Crippen LogP contribution is 2.40. The van der Waals surface area contributed by atoms with E-state index in [1.54, 1.807) is 6.07 Å². The molecule has 0 amide bonds. The summed E-state index contributed by atoms with van der Waals surface area (Å²) in [5.41, 5.74) is 0.896. The van der Waals surface area contributed by atoms with E-state index in [4.69, 9.17) is 12.2 Å². The van der Waals surface area contributed by atoms with Crippen LogP contribution in [0.15, 0.2) is 18.2 Å². The molecule has 0 unspecified atom stereocenters. The van der Waals surface area contributed by atoms with Crippen LogP contribution in [0.4, 0.5) is 4.39 Å². The van der Waals surface area contributed by atoms with Gasteiger partial charge in [0.1, 0.15) is 11.6 Å². The fourth-order valence-corrected chi connectivity index (χ4v) is 2.78. The zero-order valence-electron chi connectivity index (χ0n) is 8.78. The van der Waals surface area contributed by atoms with Crippen LogP contribution in [0, 0.1) is 14.2 Å². The van der Waals surface area contributed by atoms with Gasteiger partial charge in [-0.1, -0.05) is 0 Å². The molecule has 17 heavy (non-hydrogen) atoms. The number of halogens is 2. The Hall–Kier alpha value is -0.760. The first-order valence-electron chi connectivity index (χ1n) is 5.29. The van der Waals surface area contributed by atoms with E-state index in [2.05, 4.69) is 32.8 Å². The van der Waals surface area contributed by atoms with Gasteiger partial charge in [-0.2, -0.15) is 5.10 Å². The Bertz CT molecular complexity index is 630. The molecule has 1 aromatic heterocycles. The summed E-state index contributed by atoms with van der Waals surface area (Å²) in [5, 5.41) is 7.08. The minimum atomic E-state index is -0.235. The lowest BCUT2D eigenvalue weighted by molar-refractivity contribution is 0.626. The predicted octanol–water partition coefficient (Wildman–Crippen LogP) is 3.55. The number of hydrogen-bond acceptors (Lipinski definition) is 2. The lowest BCUT2D eigenvalue weighted by atomic mass is 10.3. The van der Waals surface area contributed by atoms with Crippen LogP contribution in [-0.2, 0) is 0 Å². The normalized spacial score (nSPS) is 15.2. The zero-order chi connectivity index (χ0) is 12.0. The molecular formula is C11H9FIN3S. The third-order valence-electron chi connectivity index (χ3n) is 2.79. The average Bonchev–Trinajstić information content (AvgIpc) is 3.04. The van der Waals surface area contributed by atoms with E-state index in [0.29, 0.717) is 10.7 Å². The highest BCUT2D eigenvalue weighted by Gasteiger charge is 2.29. The molecule has 1 aliphatic rings. The van der Waals surface area contributed by atoms with Crippen LogP contribution < -0.4 is 0 Å². The van der Waals surface area contributed by atoms with Gasteiger partial charge < -0.3 is 0 Å². The SMILES string of the molecule is Fc1ccc(-n2c(C3CC3)n[nH]c2=S)c(I)c1. The van der Waals surface area contributed by atoms with Gasteiger partial charge in [-0.15, -0.1) is 0 Å². The minimum absolute atomic E-state index is 0.235. The standard InChI is InChI=1S/C11H9FIN3S/c12-7-3-4-9(8(13)5-7)16-10(6-1-2-6)14-15-11(16)17/h3-6H,1-2H2,(H,15,17). The number of hydrogen-bond donors (Lipinski definition) is 1. The maximum absolute atomic E-state index is 13.1. The molecule has 0 bridgehead atoms. The van der Waals surface area contributed by atoms with Crippen molar-refractivity contribution in [3.63, 3.8) is 0 Å². The summed E-state index contributed by atoms with van der Waals surface area (Å²) in [7, 11) is 0. The van der Waals surface area contributed by atoms with Gasteiger partial charge in [-0.3, -0.25) is 9.67 Å². The van der Waals surface area contributed by atoms with Crippen LogP contribution in [0.25, 0.3) is 5.69 Å². The molecular weight excluding hydrogens is 352 g/mol. The number of rotatable bonds is 2. The van der Waals surface area contributed by atoms with Crippen LogP contribution in [0.3, 0.4) is 0 Å². The molecule has 88 valence electrons. The van der Waals surface area contributed by atoms with Gasteiger partial charge in [0.25, 0.3) is 0 Å². The largest absolute Gasteiger partial charge is 0.271 e. The van der Waals surface area contributed by atoms with Gasteiger partial charge >= 0.3 is 0 Å². The Balaban J connectivity index is 2.20. The summed E-state index contributed by atoms with van der Waals surface area (Å²) >= 11 is 7.36. The molecule has 1 aromatic carbocycles. The maximum Gasteiger partial charge on any atom is 0.199 e. The van der Waals surface area contributed by atoms with Crippen molar-refractivity contribution < 1.29 is 4.39 Å². The van der Waals surface area contributed by atoms with E-state index in [9.17, 15) is 4.39 Å². The Morgan fingerprint density at radius 3 is 2.88 bits per heavy atom. The molecule has 1 aliphatic carbocycles. The van der Waals surface area contributed by atoms with Crippen LogP contribution in [-0.4, -0.2) is 14.8 Å². The minimum Gasteiger partial charge on any atom is -0.271 e. The number of nitrogens with zero attached hydrogens (tertiary/aromatic N) is 2. The van der Waals surface area contributed by atoms with Crippen molar-refractivity contribution in [1.29, 1.82) is 0 Å². The molecule has 0 aliphatic heterocycles. The van der Waals surface area contributed by atoms with Gasteiger partial charge in [0, 0.05) is 9.49 Å². The lowest BCUT2D eigenvalue weighted by Gasteiger charge is -2.08.